The summed E-state index contributed by atoms with van der Waals surface area (Å²) in [7, 11) is 0. The second kappa shape index (κ2) is 12.1. The Morgan fingerprint density at radius 1 is 0.853 bits per heavy atom. The van der Waals surface area contributed by atoms with Crippen LogP contribution in [0.25, 0.3) is 0 Å². The van der Waals surface area contributed by atoms with Gasteiger partial charge < -0.3 is 10.1 Å². The standard InChI is InChI=1S/C25H30N4O4S/c1-16(2)33-21-14-10-18(11-15-21)23(31)27-25(34)29-28-24(32)19-8-12-20(13-9-19)26-22(30)17-6-4-3-5-7-17/h8-17H,3-7H2,1-2H3,(H,26,30)(H,28,32)(H2,27,29,31,34). The van der Waals surface area contributed by atoms with E-state index in [-0.39, 0.29) is 23.0 Å². The molecule has 0 aliphatic heterocycles. The molecule has 180 valence electrons. The first-order chi connectivity index (χ1) is 16.3. The van der Waals surface area contributed by atoms with E-state index in [1.165, 1.54) is 6.42 Å². The fraction of sp³-hybridized carbons (Fsp3) is 0.360. The molecular formula is C25H30N4O4S. The second-order valence-electron chi connectivity index (χ2n) is 8.45. The Kier molecular flexibility index (Phi) is 8.98. The van der Waals surface area contributed by atoms with E-state index in [1.807, 2.05) is 13.8 Å². The molecule has 1 aliphatic carbocycles. The molecular weight excluding hydrogens is 452 g/mol. The number of rotatable bonds is 6. The second-order valence-corrected chi connectivity index (χ2v) is 8.86. The minimum absolute atomic E-state index is 0.0294. The van der Waals surface area contributed by atoms with Crippen LogP contribution in [0.3, 0.4) is 0 Å². The van der Waals surface area contributed by atoms with Gasteiger partial charge in [-0.05, 0) is 87.4 Å². The predicted octanol–water partition coefficient (Wildman–Crippen LogP) is 3.94. The zero-order valence-corrected chi connectivity index (χ0v) is 20.2. The van der Waals surface area contributed by atoms with Crippen LogP contribution in [0.1, 0.15) is 66.7 Å². The van der Waals surface area contributed by atoms with Crippen LogP contribution < -0.4 is 26.2 Å². The van der Waals surface area contributed by atoms with Crippen molar-refractivity contribution in [2.75, 3.05) is 5.32 Å². The van der Waals surface area contributed by atoms with Crippen LogP contribution in [0, 0.1) is 5.92 Å². The fourth-order valence-electron chi connectivity index (χ4n) is 3.66. The Morgan fingerprint density at radius 3 is 2.06 bits per heavy atom. The van der Waals surface area contributed by atoms with E-state index in [9.17, 15) is 14.4 Å². The van der Waals surface area contributed by atoms with Gasteiger partial charge in [0.1, 0.15) is 5.75 Å². The molecule has 0 heterocycles. The Balaban J connectivity index is 1.44. The van der Waals surface area contributed by atoms with Crippen molar-refractivity contribution in [1.82, 2.24) is 16.2 Å². The first-order valence-corrected chi connectivity index (χ1v) is 11.8. The Bertz CT molecular complexity index is 1020. The van der Waals surface area contributed by atoms with Crippen LogP contribution in [0.15, 0.2) is 48.5 Å². The van der Waals surface area contributed by atoms with Gasteiger partial charge >= 0.3 is 0 Å². The molecule has 2 aromatic rings. The molecule has 0 saturated heterocycles. The number of carbonyl (C=O) groups excluding carboxylic acids is 3. The topological polar surface area (TPSA) is 109 Å². The summed E-state index contributed by atoms with van der Waals surface area (Å²) in [5.41, 5.74) is 6.38. The maximum atomic E-state index is 12.4. The highest BCUT2D eigenvalue weighted by Gasteiger charge is 2.21. The molecule has 0 radical (unpaired) electrons. The summed E-state index contributed by atoms with van der Waals surface area (Å²) in [6.07, 6.45) is 5.25. The van der Waals surface area contributed by atoms with Crippen molar-refractivity contribution in [3.8, 4) is 5.75 Å². The molecule has 1 fully saturated rings. The molecule has 3 amide bonds. The molecule has 2 aromatic carbocycles. The van der Waals surface area contributed by atoms with Crippen molar-refractivity contribution in [3.05, 3.63) is 59.7 Å². The molecule has 1 aliphatic rings. The number of hydrazine groups is 1. The molecule has 0 unspecified atom stereocenters. The molecule has 8 nitrogen and oxygen atoms in total. The number of carbonyl (C=O) groups is 3. The van der Waals surface area contributed by atoms with Gasteiger partial charge in [0.25, 0.3) is 11.8 Å². The van der Waals surface area contributed by atoms with Crippen LogP contribution in [0.2, 0.25) is 0 Å². The van der Waals surface area contributed by atoms with Crippen molar-refractivity contribution in [3.63, 3.8) is 0 Å². The van der Waals surface area contributed by atoms with Gasteiger partial charge in [-0.1, -0.05) is 19.3 Å². The minimum Gasteiger partial charge on any atom is -0.491 e. The zero-order valence-electron chi connectivity index (χ0n) is 19.4. The smallest absolute Gasteiger partial charge is 0.269 e. The molecule has 9 heteroatoms. The summed E-state index contributed by atoms with van der Waals surface area (Å²) in [5.74, 6) is -0.0952. The average molecular weight is 483 g/mol. The number of nitrogens with one attached hydrogen (secondary N) is 4. The van der Waals surface area contributed by atoms with E-state index in [1.54, 1.807) is 48.5 Å². The van der Waals surface area contributed by atoms with Crippen LogP contribution in [0.4, 0.5) is 5.69 Å². The maximum absolute atomic E-state index is 12.4. The third kappa shape index (κ3) is 7.55. The summed E-state index contributed by atoms with van der Waals surface area (Å²) in [4.78, 5) is 37.0. The fourth-order valence-corrected chi connectivity index (χ4v) is 3.81. The Labute approximate surface area is 204 Å². The normalized spacial score (nSPS) is 13.6. The summed E-state index contributed by atoms with van der Waals surface area (Å²) in [5, 5.41) is 5.37. The van der Waals surface area contributed by atoms with Crippen molar-refractivity contribution in [2.24, 2.45) is 5.92 Å². The molecule has 3 rings (SSSR count). The largest absolute Gasteiger partial charge is 0.491 e. The van der Waals surface area contributed by atoms with Crippen LogP contribution in [0.5, 0.6) is 5.75 Å². The number of thiocarbonyl (C=S) groups is 1. The van der Waals surface area contributed by atoms with Gasteiger partial charge in [-0.15, -0.1) is 0 Å². The predicted molar refractivity (Wildman–Crippen MR) is 135 cm³/mol. The number of ether oxygens (including phenoxy) is 1. The Hall–Kier alpha value is -3.46. The lowest BCUT2D eigenvalue weighted by atomic mass is 9.88. The SMILES string of the molecule is CC(C)Oc1ccc(C(=O)NC(=S)NNC(=O)c2ccc(NC(=O)C3CCCCC3)cc2)cc1. The van der Waals surface area contributed by atoms with Gasteiger partial charge in [0.15, 0.2) is 5.11 Å². The Morgan fingerprint density at radius 2 is 1.44 bits per heavy atom. The highest BCUT2D eigenvalue weighted by molar-refractivity contribution is 7.80. The molecule has 4 N–H and O–H groups in total. The van der Waals surface area contributed by atoms with Crippen LogP contribution in [-0.2, 0) is 4.79 Å². The van der Waals surface area contributed by atoms with E-state index < -0.39 is 11.8 Å². The van der Waals surface area contributed by atoms with Crippen molar-refractivity contribution in [1.29, 1.82) is 0 Å². The van der Waals surface area contributed by atoms with Crippen LogP contribution >= 0.6 is 12.2 Å². The van der Waals surface area contributed by atoms with Gasteiger partial charge in [-0.2, -0.15) is 0 Å². The number of benzene rings is 2. The highest BCUT2D eigenvalue weighted by atomic mass is 32.1. The van der Waals surface area contributed by atoms with E-state index in [4.69, 9.17) is 17.0 Å². The summed E-state index contributed by atoms with van der Waals surface area (Å²) < 4.78 is 5.55. The van der Waals surface area contributed by atoms with E-state index in [2.05, 4.69) is 21.5 Å². The van der Waals surface area contributed by atoms with Crippen molar-refractivity contribution >= 4 is 40.7 Å². The number of hydrogen-bond donors (Lipinski definition) is 4. The highest BCUT2D eigenvalue weighted by Crippen LogP contribution is 2.25. The van der Waals surface area contributed by atoms with E-state index in [0.29, 0.717) is 22.6 Å². The molecule has 0 bridgehead atoms. The number of anilines is 1. The number of amides is 3. The number of hydrogen-bond acceptors (Lipinski definition) is 5. The molecule has 34 heavy (non-hydrogen) atoms. The maximum Gasteiger partial charge on any atom is 0.269 e. The molecule has 0 aromatic heterocycles. The van der Waals surface area contributed by atoms with Crippen molar-refractivity contribution in [2.45, 2.75) is 52.1 Å². The van der Waals surface area contributed by atoms with Gasteiger partial charge in [-0.3, -0.25) is 30.6 Å². The lowest BCUT2D eigenvalue weighted by Gasteiger charge is -2.20. The minimum atomic E-state index is -0.433. The third-order valence-electron chi connectivity index (χ3n) is 5.40. The quantitative estimate of drug-likeness (QED) is 0.367. The zero-order chi connectivity index (χ0) is 24.5. The molecule has 0 spiro atoms. The van der Waals surface area contributed by atoms with E-state index >= 15 is 0 Å². The monoisotopic (exact) mass is 482 g/mol. The lowest BCUT2D eigenvalue weighted by molar-refractivity contribution is -0.120. The summed E-state index contributed by atoms with van der Waals surface area (Å²) in [6.45, 7) is 3.84. The van der Waals surface area contributed by atoms with Crippen LogP contribution in [-0.4, -0.2) is 28.9 Å². The molecule has 0 atom stereocenters. The van der Waals surface area contributed by atoms with Gasteiger partial charge in [0.05, 0.1) is 6.10 Å². The van der Waals surface area contributed by atoms with Gasteiger partial charge in [0.2, 0.25) is 5.91 Å². The van der Waals surface area contributed by atoms with Gasteiger partial charge in [-0.25, -0.2) is 0 Å². The first kappa shape index (κ1) is 25.2. The average Bonchev–Trinajstić information content (AvgIpc) is 2.83. The van der Waals surface area contributed by atoms with Gasteiger partial charge in [0, 0.05) is 22.7 Å². The van der Waals surface area contributed by atoms with E-state index in [0.717, 1.165) is 25.7 Å². The summed E-state index contributed by atoms with van der Waals surface area (Å²) in [6, 6.07) is 13.2. The molecule has 1 saturated carbocycles. The lowest BCUT2D eigenvalue weighted by Crippen LogP contribution is -2.48. The third-order valence-corrected chi connectivity index (χ3v) is 5.60. The first-order valence-electron chi connectivity index (χ1n) is 11.4. The van der Waals surface area contributed by atoms with Crippen molar-refractivity contribution < 1.29 is 19.1 Å². The summed E-state index contributed by atoms with van der Waals surface area (Å²) >= 11 is 5.08.